The smallest absolute Gasteiger partial charge is 0.326 e. The zero-order valence-corrected chi connectivity index (χ0v) is 22.1. The van der Waals surface area contributed by atoms with Gasteiger partial charge in [0.1, 0.15) is 18.1 Å². The minimum Gasteiger partial charge on any atom is -0.480 e. The highest BCUT2D eigenvalue weighted by molar-refractivity contribution is 5.94. The van der Waals surface area contributed by atoms with E-state index in [4.69, 9.17) is 11.5 Å². The van der Waals surface area contributed by atoms with Crippen molar-refractivity contribution in [3.05, 3.63) is 71.8 Å². The van der Waals surface area contributed by atoms with Gasteiger partial charge in [-0.1, -0.05) is 67.1 Å². The highest BCUT2D eigenvalue weighted by Crippen LogP contribution is 2.08. The van der Waals surface area contributed by atoms with Crippen molar-refractivity contribution in [2.75, 3.05) is 6.54 Å². The Bertz CT molecular complexity index is 1070. The van der Waals surface area contributed by atoms with Crippen molar-refractivity contribution in [1.82, 2.24) is 16.0 Å². The first kappa shape index (κ1) is 31.4. The van der Waals surface area contributed by atoms with Crippen LogP contribution in [0.5, 0.6) is 0 Å². The molecular weight excluding hydrogens is 502 g/mol. The Morgan fingerprint density at radius 3 is 1.77 bits per heavy atom. The highest BCUT2D eigenvalue weighted by atomic mass is 16.4. The first-order valence-corrected chi connectivity index (χ1v) is 13.0. The van der Waals surface area contributed by atoms with Gasteiger partial charge in [-0.2, -0.15) is 0 Å². The fraction of sp³-hybridized carbons (Fsp3) is 0.429. The van der Waals surface area contributed by atoms with Crippen LogP contribution in [0.4, 0.5) is 0 Å². The molecule has 0 aromatic heterocycles. The molecule has 0 aliphatic rings. The highest BCUT2D eigenvalue weighted by Gasteiger charge is 2.32. The van der Waals surface area contributed by atoms with Gasteiger partial charge in [0.05, 0.1) is 12.1 Å². The van der Waals surface area contributed by atoms with Gasteiger partial charge >= 0.3 is 5.97 Å². The number of rotatable bonds is 16. The zero-order valence-electron chi connectivity index (χ0n) is 22.1. The van der Waals surface area contributed by atoms with Crippen molar-refractivity contribution in [3.8, 4) is 0 Å². The molecule has 2 rings (SSSR count). The summed E-state index contributed by atoms with van der Waals surface area (Å²) < 4.78 is 0. The number of carboxylic acids is 1. The Morgan fingerprint density at radius 2 is 1.28 bits per heavy atom. The van der Waals surface area contributed by atoms with E-state index in [1.807, 2.05) is 0 Å². The predicted octanol–water partition coefficient (Wildman–Crippen LogP) is -0.152. The fourth-order valence-corrected chi connectivity index (χ4v) is 3.95. The molecule has 3 amide bonds. The quantitative estimate of drug-likeness (QED) is 0.142. The van der Waals surface area contributed by atoms with Crippen LogP contribution in [-0.2, 0) is 32.0 Å². The van der Waals surface area contributed by atoms with Crippen LogP contribution < -0.4 is 27.4 Å². The van der Waals surface area contributed by atoms with E-state index in [2.05, 4.69) is 16.0 Å². The molecule has 39 heavy (non-hydrogen) atoms. The molecule has 0 heterocycles. The maximum Gasteiger partial charge on any atom is 0.326 e. The largest absolute Gasteiger partial charge is 0.480 e. The van der Waals surface area contributed by atoms with Crippen molar-refractivity contribution in [2.45, 2.75) is 69.3 Å². The summed E-state index contributed by atoms with van der Waals surface area (Å²) in [6.45, 7) is 1.79. The summed E-state index contributed by atoms with van der Waals surface area (Å²) in [5, 5.41) is 27.5. The van der Waals surface area contributed by atoms with Gasteiger partial charge in [-0.3, -0.25) is 14.4 Å². The van der Waals surface area contributed by atoms with Crippen molar-refractivity contribution in [1.29, 1.82) is 0 Å². The molecule has 0 fully saturated rings. The number of nitrogens with two attached hydrogens (primary N) is 2. The minimum atomic E-state index is -1.39. The third kappa shape index (κ3) is 10.8. The Kier molecular flexibility index (Phi) is 13.1. The van der Waals surface area contributed by atoms with Crippen molar-refractivity contribution < 1.29 is 29.4 Å². The number of carboxylic acid groups (broad SMARTS) is 1. The number of benzene rings is 2. The van der Waals surface area contributed by atoms with Crippen LogP contribution in [0.25, 0.3) is 0 Å². The third-order valence-corrected chi connectivity index (χ3v) is 6.18. The summed E-state index contributed by atoms with van der Waals surface area (Å²) in [7, 11) is 0. The summed E-state index contributed by atoms with van der Waals surface area (Å²) in [4.78, 5) is 50.9. The molecule has 0 saturated heterocycles. The number of nitrogens with one attached hydrogen (secondary N) is 3. The van der Waals surface area contributed by atoms with Crippen LogP contribution in [0.1, 0.15) is 37.3 Å². The van der Waals surface area contributed by atoms with Gasteiger partial charge in [-0.05, 0) is 37.4 Å². The van der Waals surface area contributed by atoms with Gasteiger partial charge in [0.15, 0.2) is 0 Å². The summed E-state index contributed by atoms with van der Waals surface area (Å²) in [6.07, 6.45) is 0.477. The molecule has 0 bridgehead atoms. The number of carbonyl (C=O) groups excluding carboxylic acids is 3. The number of aliphatic hydroxyl groups is 1. The molecular formula is C28H39N5O6. The van der Waals surface area contributed by atoms with Crippen molar-refractivity contribution in [2.24, 2.45) is 11.5 Å². The molecule has 0 saturated carbocycles. The van der Waals surface area contributed by atoms with E-state index >= 15 is 0 Å². The molecule has 0 spiro atoms. The number of amides is 3. The summed E-state index contributed by atoms with van der Waals surface area (Å²) in [6, 6.07) is 13.0. The lowest BCUT2D eigenvalue weighted by molar-refractivity contribution is -0.142. The normalized spacial score (nSPS) is 14.8. The SMILES string of the molecule is CC(O)C(NC(=O)C(N)CCCCN)C(=O)NC(Cc1ccccc1)C(=O)NC(Cc1ccccc1)C(=O)O. The molecule has 212 valence electrons. The molecule has 9 N–H and O–H groups in total. The van der Waals surface area contributed by atoms with Crippen molar-refractivity contribution >= 4 is 23.7 Å². The second-order valence-corrected chi connectivity index (χ2v) is 9.46. The van der Waals surface area contributed by atoms with Crippen LogP contribution in [-0.4, -0.2) is 70.7 Å². The number of carbonyl (C=O) groups is 4. The standard InChI is InChI=1S/C28H39N5O6/c1-18(34)24(33-25(35)21(30)14-8-9-15-29)27(37)31-22(16-19-10-4-2-5-11-19)26(36)32-23(28(38)39)17-20-12-6-3-7-13-20/h2-7,10-13,18,21-24,34H,8-9,14-17,29-30H2,1H3,(H,31,37)(H,32,36)(H,33,35)(H,38,39). The average Bonchev–Trinajstić information content (AvgIpc) is 2.91. The predicted molar refractivity (Wildman–Crippen MR) is 146 cm³/mol. The molecule has 5 atom stereocenters. The third-order valence-electron chi connectivity index (χ3n) is 6.18. The van der Waals surface area contributed by atoms with Gasteiger partial charge in [-0.25, -0.2) is 4.79 Å². The molecule has 0 aliphatic carbocycles. The lowest BCUT2D eigenvalue weighted by Crippen LogP contribution is -2.60. The minimum absolute atomic E-state index is 0.0440. The molecule has 2 aromatic carbocycles. The van der Waals surface area contributed by atoms with E-state index in [0.717, 1.165) is 0 Å². The molecule has 5 unspecified atom stereocenters. The molecule has 11 nitrogen and oxygen atoms in total. The van der Waals surface area contributed by atoms with Gasteiger partial charge in [0.25, 0.3) is 0 Å². The van der Waals surface area contributed by atoms with Gasteiger partial charge in [0, 0.05) is 12.8 Å². The lowest BCUT2D eigenvalue weighted by atomic mass is 10.0. The Morgan fingerprint density at radius 1 is 0.769 bits per heavy atom. The Hall–Kier alpha value is -3.80. The van der Waals surface area contributed by atoms with E-state index in [1.54, 1.807) is 60.7 Å². The summed E-state index contributed by atoms with van der Waals surface area (Å²) in [5.74, 6) is -3.37. The summed E-state index contributed by atoms with van der Waals surface area (Å²) >= 11 is 0. The number of aliphatic hydroxyl groups excluding tert-OH is 1. The Labute approximate surface area is 228 Å². The van der Waals surface area contributed by atoms with E-state index < -0.39 is 54.0 Å². The first-order chi connectivity index (χ1) is 18.6. The van der Waals surface area contributed by atoms with Gasteiger partial charge in [-0.15, -0.1) is 0 Å². The Balaban J connectivity index is 2.18. The van der Waals surface area contributed by atoms with Crippen LogP contribution in [0, 0.1) is 0 Å². The fourth-order valence-electron chi connectivity index (χ4n) is 3.95. The maximum atomic E-state index is 13.3. The number of aliphatic carboxylic acids is 1. The second kappa shape index (κ2) is 16.2. The first-order valence-electron chi connectivity index (χ1n) is 13.0. The lowest BCUT2D eigenvalue weighted by Gasteiger charge is -2.26. The maximum absolute atomic E-state index is 13.3. The van der Waals surface area contributed by atoms with E-state index in [9.17, 15) is 29.4 Å². The molecule has 0 aliphatic heterocycles. The molecule has 0 radical (unpaired) electrons. The van der Waals surface area contributed by atoms with Crippen LogP contribution >= 0.6 is 0 Å². The van der Waals surface area contributed by atoms with Crippen LogP contribution in [0.15, 0.2) is 60.7 Å². The average molecular weight is 542 g/mol. The molecule has 2 aromatic rings. The van der Waals surface area contributed by atoms with E-state index in [-0.39, 0.29) is 12.8 Å². The topological polar surface area (TPSA) is 197 Å². The zero-order chi connectivity index (χ0) is 28.8. The van der Waals surface area contributed by atoms with Gasteiger partial charge in [0.2, 0.25) is 17.7 Å². The second-order valence-electron chi connectivity index (χ2n) is 9.46. The number of hydrogen-bond donors (Lipinski definition) is 7. The van der Waals surface area contributed by atoms with E-state index in [1.165, 1.54) is 6.92 Å². The van der Waals surface area contributed by atoms with Gasteiger partial charge < -0.3 is 37.6 Å². The van der Waals surface area contributed by atoms with Crippen molar-refractivity contribution in [3.63, 3.8) is 0 Å². The monoisotopic (exact) mass is 541 g/mol. The summed E-state index contributed by atoms with van der Waals surface area (Å²) in [5.41, 5.74) is 12.8. The van der Waals surface area contributed by atoms with Crippen LogP contribution in [0.2, 0.25) is 0 Å². The number of unbranched alkanes of at least 4 members (excludes halogenated alkanes) is 1. The molecule has 11 heteroatoms. The van der Waals surface area contributed by atoms with E-state index in [0.29, 0.717) is 36.9 Å². The number of hydrogen-bond acceptors (Lipinski definition) is 7. The van der Waals surface area contributed by atoms with Crippen LogP contribution in [0.3, 0.4) is 0 Å².